The molecule has 1 rings (SSSR count). The molecule has 7 heteroatoms. The number of hydrogen-bond donors (Lipinski definition) is 1. The van der Waals surface area contributed by atoms with Gasteiger partial charge in [-0.25, -0.2) is 8.42 Å². The number of para-hydroxylation sites is 2. The fraction of sp³-hybridized carbons (Fsp3) is 0.333. The third-order valence-corrected chi connectivity index (χ3v) is 4.36. The lowest BCUT2D eigenvalue weighted by Crippen LogP contribution is -2.33. The lowest BCUT2D eigenvalue weighted by Gasteiger charge is -2.13. The Morgan fingerprint density at radius 2 is 2.11 bits per heavy atom. The van der Waals surface area contributed by atoms with Crippen LogP contribution in [0.1, 0.15) is 6.92 Å². The number of anilines is 1. The monoisotopic (exact) mass is 282 g/mol. The average Bonchev–Trinajstić information content (AvgIpc) is 2.38. The van der Waals surface area contributed by atoms with Gasteiger partial charge in [-0.3, -0.25) is 4.79 Å². The van der Waals surface area contributed by atoms with E-state index in [1.807, 2.05) is 0 Å². The van der Waals surface area contributed by atoms with Crippen LogP contribution in [0.2, 0.25) is 0 Å². The number of hydrogen-bond acceptors (Lipinski definition) is 5. The van der Waals surface area contributed by atoms with Crippen LogP contribution in [-0.2, 0) is 14.6 Å². The van der Waals surface area contributed by atoms with Crippen molar-refractivity contribution in [1.29, 1.82) is 5.26 Å². The molecule has 1 N–H and O–H groups in total. The molecule has 0 aliphatic carbocycles. The van der Waals surface area contributed by atoms with E-state index in [1.165, 1.54) is 20.1 Å². The highest BCUT2D eigenvalue weighted by Crippen LogP contribution is 2.23. The molecule has 0 aromatic heterocycles. The van der Waals surface area contributed by atoms with Gasteiger partial charge in [-0.05, 0) is 19.1 Å². The van der Waals surface area contributed by atoms with Crippen LogP contribution in [0.4, 0.5) is 5.69 Å². The summed E-state index contributed by atoms with van der Waals surface area (Å²) in [6.07, 6.45) is 0. The largest absolute Gasteiger partial charge is 0.495 e. The van der Waals surface area contributed by atoms with E-state index in [1.54, 1.807) is 24.3 Å². The Kier molecular flexibility index (Phi) is 4.89. The average molecular weight is 282 g/mol. The first-order valence-corrected chi connectivity index (χ1v) is 7.16. The number of methoxy groups -OCH3 is 1. The number of nitriles is 1. The van der Waals surface area contributed by atoms with Gasteiger partial charge >= 0.3 is 0 Å². The molecule has 1 atom stereocenters. The Labute approximate surface area is 111 Å². The highest BCUT2D eigenvalue weighted by molar-refractivity contribution is 7.92. The van der Waals surface area contributed by atoms with Crippen molar-refractivity contribution in [3.05, 3.63) is 24.3 Å². The van der Waals surface area contributed by atoms with Gasteiger partial charge in [0.1, 0.15) is 16.8 Å². The fourth-order valence-electron chi connectivity index (χ4n) is 1.36. The number of carbonyl (C=O) groups is 1. The second kappa shape index (κ2) is 6.20. The molecule has 102 valence electrons. The van der Waals surface area contributed by atoms with Crippen molar-refractivity contribution < 1.29 is 17.9 Å². The van der Waals surface area contributed by atoms with Crippen LogP contribution in [0, 0.1) is 11.3 Å². The van der Waals surface area contributed by atoms with Crippen LogP contribution in [0.15, 0.2) is 24.3 Å². The molecule has 0 saturated heterocycles. The predicted molar refractivity (Wildman–Crippen MR) is 70.5 cm³/mol. The molecule has 0 aliphatic rings. The molecule has 0 saturated carbocycles. The van der Waals surface area contributed by atoms with Crippen molar-refractivity contribution in [1.82, 2.24) is 0 Å². The van der Waals surface area contributed by atoms with Gasteiger partial charge in [-0.15, -0.1) is 0 Å². The topological polar surface area (TPSA) is 96.3 Å². The molecular formula is C12H14N2O4S. The number of ether oxygens (including phenoxy) is 1. The molecule has 6 nitrogen and oxygen atoms in total. The van der Waals surface area contributed by atoms with Gasteiger partial charge in [-0.1, -0.05) is 12.1 Å². The molecule has 1 aromatic rings. The number of sulfone groups is 1. The van der Waals surface area contributed by atoms with Gasteiger partial charge in [0.15, 0.2) is 9.84 Å². The van der Waals surface area contributed by atoms with E-state index >= 15 is 0 Å². The number of amides is 1. The smallest absolute Gasteiger partial charge is 0.242 e. The predicted octanol–water partition coefficient (Wildman–Crippen LogP) is 0.961. The van der Waals surface area contributed by atoms with E-state index in [2.05, 4.69) is 5.32 Å². The van der Waals surface area contributed by atoms with Gasteiger partial charge in [0.2, 0.25) is 5.91 Å². The summed E-state index contributed by atoms with van der Waals surface area (Å²) in [6.45, 7) is 1.25. The van der Waals surface area contributed by atoms with Crippen LogP contribution in [0.25, 0.3) is 0 Å². The summed E-state index contributed by atoms with van der Waals surface area (Å²) in [7, 11) is -2.32. The Morgan fingerprint density at radius 1 is 1.47 bits per heavy atom. The van der Waals surface area contributed by atoms with Crippen LogP contribution < -0.4 is 10.1 Å². The molecule has 0 spiro atoms. The fourth-order valence-corrected chi connectivity index (χ4v) is 2.18. The number of nitrogens with one attached hydrogen (secondary N) is 1. The SMILES string of the molecule is COc1ccccc1NC(=O)C(C)S(=O)(=O)CC#N. The highest BCUT2D eigenvalue weighted by atomic mass is 32.2. The molecule has 0 bridgehead atoms. The summed E-state index contributed by atoms with van der Waals surface area (Å²) >= 11 is 0. The zero-order valence-corrected chi connectivity index (χ0v) is 11.4. The minimum Gasteiger partial charge on any atom is -0.495 e. The summed E-state index contributed by atoms with van der Waals surface area (Å²) in [5.41, 5.74) is 0.383. The van der Waals surface area contributed by atoms with E-state index < -0.39 is 26.7 Å². The summed E-state index contributed by atoms with van der Waals surface area (Å²) in [4.78, 5) is 11.8. The zero-order valence-electron chi connectivity index (χ0n) is 10.6. The first kappa shape index (κ1) is 15.0. The summed E-state index contributed by atoms with van der Waals surface area (Å²) in [5, 5.41) is 9.60. The summed E-state index contributed by atoms with van der Waals surface area (Å²) < 4.78 is 28.2. The normalized spacial score (nSPS) is 12.3. The van der Waals surface area contributed by atoms with Gasteiger partial charge < -0.3 is 10.1 Å². The Balaban J connectivity index is 2.89. The van der Waals surface area contributed by atoms with E-state index in [9.17, 15) is 13.2 Å². The Hall–Kier alpha value is -2.07. The van der Waals surface area contributed by atoms with Crippen LogP contribution >= 0.6 is 0 Å². The molecule has 0 heterocycles. The van der Waals surface area contributed by atoms with E-state index in [4.69, 9.17) is 10.00 Å². The molecule has 1 unspecified atom stereocenters. The third kappa shape index (κ3) is 3.69. The van der Waals surface area contributed by atoms with E-state index in [0.717, 1.165) is 0 Å². The number of rotatable bonds is 5. The number of nitrogens with zero attached hydrogens (tertiary/aromatic N) is 1. The molecule has 0 aliphatic heterocycles. The van der Waals surface area contributed by atoms with Crippen molar-refractivity contribution in [3.8, 4) is 11.8 Å². The van der Waals surface area contributed by atoms with Crippen LogP contribution in [-0.4, -0.2) is 32.4 Å². The van der Waals surface area contributed by atoms with Crippen molar-refractivity contribution in [2.24, 2.45) is 0 Å². The highest BCUT2D eigenvalue weighted by Gasteiger charge is 2.28. The first-order chi connectivity index (χ1) is 8.92. The Morgan fingerprint density at radius 3 is 2.68 bits per heavy atom. The maximum Gasteiger partial charge on any atom is 0.242 e. The molecule has 0 radical (unpaired) electrons. The Bertz CT molecular complexity index is 604. The first-order valence-electron chi connectivity index (χ1n) is 5.44. The maximum atomic E-state index is 11.8. The van der Waals surface area contributed by atoms with Gasteiger partial charge in [0.25, 0.3) is 0 Å². The second-order valence-corrected chi connectivity index (χ2v) is 6.12. The molecule has 0 fully saturated rings. The standard InChI is InChI=1S/C12H14N2O4S/c1-9(19(16,17)8-7-13)12(15)14-10-5-3-4-6-11(10)18-2/h3-6,9H,8H2,1-2H3,(H,14,15). The lowest BCUT2D eigenvalue weighted by atomic mass is 10.3. The van der Waals surface area contributed by atoms with Gasteiger partial charge in [0, 0.05) is 0 Å². The molecule has 1 aromatic carbocycles. The maximum absolute atomic E-state index is 11.8. The minimum absolute atomic E-state index is 0.383. The van der Waals surface area contributed by atoms with Crippen LogP contribution in [0.5, 0.6) is 5.75 Å². The summed E-state index contributed by atoms with van der Waals surface area (Å²) in [6, 6.07) is 8.19. The zero-order chi connectivity index (χ0) is 14.5. The summed E-state index contributed by atoms with van der Waals surface area (Å²) in [5.74, 6) is -0.950. The van der Waals surface area contributed by atoms with Gasteiger partial charge in [-0.2, -0.15) is 5.26 Å². The lowest BCUT2D eigenvalue weighted by molar-refractivity contribution is -0.115. The van der Waals surface area contributed by atoms with Crippen molar-refractivity contribution in [2.45, 2.75) is 12.2 Å². The number of benzene rings is 1. The molecule has 19 heavy (non-hydrogen) atoms. The van der Waals surface area contributed by atoms with E-state index in [-0.39, 0.29) is 0 Å². The van der Waals surface area contributed by atoms with Crippen LogP contribution in [0.3, 0.4) is 0 Å². The third-order valence-electron chi connectivity index (χ3n) is 2.54. The molecule has 1 amide bonds. The van der Waals surface area contributed by atoms with E-state index in [0.29, 0.717) is 11.4 Å². The van der Waals surface area contributed by atoms with Crippen molar-refractivity contribution in [3.63, 3.8) is 0 Å². The molecular weight excluding hydrogens is 268 g/mol. The minimum atomic E-state index is -3.76. The van der Waals surface area contributed by atoms with Crippen molar-refractivity contribution >= 4 is 21.4 Å². The number of carbonyl (C=O) groups excluding carboxylic acids is 1. The van der Waals surface area contributed by atoms with Gasteiger partial charge in [0.05, 0.1) is 18.9 Å². The second-order valence-electron chi connectivity index (χ2n) is 3.80. The quantitative estimate of drug-likeness (QED) is 0.867. The van der Waals surface area contributed by atoms with Crippen molar-refractivity contribution in [2.75, 3.05) is 18.2 Å².